The molecule has 1 atom stereocenters. The molecule has 1 aromatic rings. The van der Waals surface area contributed by atoms with E-state index in [1.165, 1.54) is 12.0 Å². The van der Waals surface area contributed by atoms with Crippen LogP contribution in [0.1, 0.15) is 0 Å². The van der Waals surface area contributed by atoms with E-state index in [1.807, 2.05) is 0 Å². The van der Waals surface area contributed by atoms with E-state index in [1.54, 1.807) is 24.3 Å². The molecule has 1 amide bonds. The first-order valence-corrected chi connectivity index (χ1v) is 6.56. The molecule has 0 spiro atoms. The molecular formula is C14H18N2O5. The molecule has 114 valence electrons. The number of anilines is 1. The van der Waals surface area contributed by atoms with Crippen molar-refractivity contribution in [2.75, 3.05) is 39.2 Å². The van der Waals surface area contributed by atoms with Gasteiger partial charge in [0.15, 0.2) is 12.6 Å². The molecule has 0 aliphatic carbocycles. The Morgan fingerprint density at radius 1 is 1.43 bits per heavy atom. The molecule has 1 heterocycles. The van der Waals surface area contributed by atoms with Crippen molar-refractivity contribution in [1.82, 2.24) is 4.90 Å². The van der Waals surface area contributed by atoms with Crippen molar-refractivity contribution < 1.29 is 23.8 Å². The van der Waals surface area contributed by atoms with Gasteiger partial charge in [-0.15, -0.1) is 0 Å². The van der Waals surface area contributed by atoms with Gasteiger partial charge in [0.2, 0.25) is 0 Å². The topological polar surface area (TPSA) is 91.1 Å². The quantitative estimate of drug-likeness (QED) is 0.623. The molecule has 7 nitrogen and oxygen atoms in total. The average molecular weight is 294 g/mol. The van der Waals surface area contributed by atoms with Crippen LogP contribution in [0.5, 0.6) is 5.75 Å². The van der Waals surface area contributed by atoms with Crippen molar-refractivity contribution in [2.24, 2.45) is 0 Å². The Morgan fingerprint density at radius 3 is 2.90 bits per heavy atom. The maximum Gasteiger partial charge on any atom is 0.331 e. The number of nitrogens with two attached hydrogens (primary N) is 1. The number of ether oxygens (including phenoxy) is 3. The zero-order valence-electron chi connectivity index (χ0n) is 11.8. The largest absolute Gasteiger partial charge is 0.482 e. The van der Waals surface area contributed by atoms with Crippen molar-refractivity contribution in [3.8, 4) is 5.75 Å². The van der Waals surface area contributed by atoms with Crippen LogP contribution in [0.25, 0.3) is 0 Å². The van der Waals surface area contributed by atoms with Gasteiger partial charge in [-0.3, -0.25) is 4.79 Å². The Kier molecular flexibility index (Phi) is 4.99. The number of benzene rings is 1. The second kappa shape index (κ2) is 6.94. The zero-order valence-corrected chi connectivity index (χ0v) is 11.8. The highest BCUT2D eigenvalue weighted by atomic mass is 16.5. The number of hydrogen-bond donors (Lipinski definition) is 1. The highest BCUT2D eigenvalue weighted by Crippen LogP contribution is 2.20. The number of rotatable bonds is 4. The summed E-state index contributed by atoms with van der Waals surface area (Å²) in [5.74, 6) is -0.368. The second-order valence-electron chi connectivity index (χ2n) is 4.53. The third-order valence-corrected chi connectivity index (χ3v) is 3.19. The third-order valence-electron chi connectivity index (χ3n) is 3.19. The van der Waals surface area contributed by atoms with Crippen LogP contribution in [-0.2, 0) is 19.1 Å². The molecule has 1 aromatic carbocycles. The van der Waals surface area contributed by atoms with Gasteiger partial charge in [0, 0.05) is 6.54 Å². The van der Waals surface area contributed by atoms with E-state index in [0.29, 0.717) is 24.6 Å². The van der Waals surface area contributed by atoms with Crippen LogP contribution in [0.2, 0.25) is 0 Å². The molecule has 2 N–H and O–H groups in total. The van der Waals surface area contributed by atoms with Gasteiger partial charge in [-0.05, 0) is 12.1 Å². The first kappa shape index (κ1) is 15.1. The minimum absolute atomic E-state index is 0.131. The lowest BCUT2D eigenvalue weighted by Gasteiger charge is -2.33. The van der Waals surface area contributed by atoms with Crippen molar-refractivity contribution >= 4 is 17.6 Å². The van der Waals surface area contributed by atoms with E-state index in [-0.39, 0.29) is 19.1 Å². The fourth-order valence-corrected chi connectivity index (χ4v) is 2.07. The summed E-state index contributed by atoms with van der Waals surface area (Å²) in [6, 6.07) is 6.18. The normalized spacial score (nSPS) is 18.1. The Morgan fingerprint density at radius 2 is 2.19 bits per heavy atom. The molecule has 1 aliphatic heterocycles. The average Bonchev–Trinajstić information content (AvgIpc) is 2.53. The van der Waals surface area contributed by atoms with Crippen LogP contribution >= 0.6 is 0 Å². The minimum Gasteiger partial charge on any atom is -0.482 e. The number of hydrogen-bond acceptors (Lipinski definition) is 6. The highest BCUT2D eigenvalue weighted by Gasteiger charge is 2.33. The molecule has 21 heavy (non-hydrogen) atoms. The number of amides is 1. The van der Waals surface area contributed by atoms with Gasteiger partial charge in [0.25, 0.3) is 5.91 Å². The van der Waals surface area contributed by atoms with Gasteiger partial charge in [0.05, 0.1) is 26.0 Å². The molecule has 1 aliphatic rings. The van der Waals surface area contributed by atoms with Gasteiger partial charge in [-0.25, -0.2) is 4.79 Å². The van der Waals surface area contributed by atoms with Crippen molar-refractivity contribution in [2.45, 2.75) is 6.04 Å². The number of carbonyl (C=O) groups excluding carboxylic acids is 2. The summed E-state index contributed by atoms with van der Waals surface area (Å²) >= 11 is 0. The molecule has 2 rings (SSSR count). The van der Waals surface area contributed by atoms with E-state index >= 15 is 0 Å². The summed E-state index contributed by atoms with van der Waals surface area (Å²) in [6.45, 7) is 0.645. The number of methoxy groups -OCH3 is 1. The summed E-state index contributed by atoms with van der Waals surface area (Å²) in [7, 11) is 1.28. The van der Waals surface area contributed by atoms with Crippen molar-refractivity contribution in [3.05, 3.63) is 24.3 Å². The number of morpholine rings is 1. The Bertz CT molecular complexity index is 520. The monoisotopic (exact) mass is 294 g/mol. The maximum absolute atomic E-state index is 12.2. The third kappa shape index (κ3) is 3.63. The smallest absolute Gasteiger partial charge is 0.331 e. The summed E-state index contributed by atoms with van der Waals surface area (Å²) in [5, 5.41) is 0. The lowest BCUT2D eigenvalue weighted by molar-refractivity contribution is -0.161. The van der Waals surface area contributed by atoms with E-state index in [9.17, 15) is 9.59 Å². The molecule has 7 heteroatoms. The Hall–Kier alpha value is -2.28. The molecule has 0 aromatic heterocycles. The van der Waals surface area contributed by atoms with E-state index in [2.05, 4.69) is 4.74 Å². The second-order valence-corrected chi connectivity index (χ2v) is 4.53. The van der Waals surface area contributed by atoms with Crippen LogP contribution in [0.3, 0.4) is 0 Å². The first-order chi connectivity index (χ1) is 10.1. The molecule has 1 saturated heterocycles. The predicted octanol–water partition coefficient (Wildman–Crippen LogP) is 0.0480. The number of nitrogen functional groups attached to an aromatic ring is 1. The van der Waals surface area contributed by atoms with Gasteiger partial charge in [-0.2, -0.15) is 0 Å². The zero-order chi connectivity index (χ0) is 15.2. The van der Waals surface area contributed by atoms with Gasteiger partial charge in [-0.1, -0.05) is 12.1 Å². The van der Waals surface area contributed by atoms with Crippen LogP contribution in [-0.4, -0.2) is 56.3 Å². The summed E-state index contributed by atoms with van der Waals surface area (Å²) in [6.07, 6.45) is 0. The van der Waals surface area contributed by atoms with Gasteiger partial charge >= 0.3 is 5.97 Å². The van der Waals surface area contributed by atoms with Gasteiger partial charge in [0.1, 0.15) is 5.75 Å². The highest BCUT2D eigenvalue weighted by molar-refractivity contribution is 5.85. The van der Waals surface area contributed by atoms with E-state index in [4.69, 9.17) is 15.2 Å². The van der Waals surface area contributed by atoms with Crippen molar-refractivity contribution in [3.63, 3.8) is 0 Å². The van der Waals surface area contributed by atoms with E-state index in [0.717, 1.165) is 0 Å². The minimum atomic E-state index is -0.729. The van der Waals surface area contributed by atoms with Crippen LogP contribution < -0.4 is 10.5 Å². The Labute approximate surface area is 122 Å². The lowest BCUT2D eigenvalue weighted by Crippen LogP contribution is -2.54. The summed E-state index contributed by atoms with van der Waals surface area (Å²) in [4.78, 5) is 25.3. The molecule has 1 unspecified atom stereocenters. The van der Waals surface area contributed by atoms with E-state index < -0.39 is 12.0 Å². The van der Waals surface area contributed by atoms with Gasteiger partial charge < -0.3 is 24.8 Å². The molecular weight excluding hydrogens is 276 g/mol. The standard InChI is InChI=1S/C14H18N2O5/c1-19-14(18)11-8-20-7-6-16(11)13(17)9-21-12-5-3-2-4-10(12)15/h2-5,11H,6-9,15H2,1H3. The predicted molar refractivity (Wildman–Crippen MR) is 74.7 cm³/mol. The number of para-hydroxylation sites is 2. The maximum atomic E-state index is 12.2. The summed E-state index contributed by atoms with van der Waals surface area (Å²) in [5.41, 5.74) is 6.19. The van der Waals surface area contributed by atoms with Crippen LogP contribution in [0.15, 0.2) is 24.3 Å². The fraction of sp³-hybridized carbons (Fsp3) is 0.429. The Balaban J connectivity index is 1.98. The number of esters is 1. The fourth-order valence-electron chi connectivity index (χ4n) is 2.07. The molecule has 0 bridgehead atoms. The van der Waals surface area contributed by atoms with Crippen molar-refractivity contribution in [1.29, 1.82) is 0 Å². The van der Waals surface area contributed by atoms with Crippen LogP contribution in [0, 0.1) is 0 Å². The summed E-state index contributed by atoms with van der Waals surface area (Å²) < 4.78 is 15.3. The van der Waals surface area contributed by atoms with Crippen LogP contribution in [0.4, 0.5) is 5.69 Å². The molecule has 0 saturated carbocycles. The molecule has 1 fully saturated rings. The molecule has 0 radical (unpaired) electrons. The number of carbonyl (C=O) groups is 2. The SMILES string of the molecule is COC(=O)C1COCCN1C(=O)COc1ccccc1N. The first-order valence-electron chi connectivity index (χ1n) is 6.56. The lowest BCUT2D eigenvalue weighted by atomic mass is 10.2. The number of nitrogens with zero attached hydrogens (tertiary/aromatic N) is 1.